The molecule has 2 rings (SSSR count). The number of hydrogen-bond donors (Lipinski definition) is 2. The Morgan fingerprint density at radius 3 is 2.48 bits per heavy atom. The van der Waals surface area contributed by atoms with E-state index in [-0.39, 0.29) is 11.7 Å². The molecule has 0 atom stereocenters. The van der Waals surface area contributed by atoms with Crippen molar-refractivity contribution < 1.29 is 4.39 Å². The highest BCUT2D eigenvalue weighted by Gasteiger charge is 2.09. The Morgan fingerprint density at radius 1 is 1.19 bits per heavy atom. The van der Waals surface area contributed by atoms with Gasteiger partial charge in [0.25, 0.3) is 0 Å². The van der Waals surface area contributed by atoms with Crippen LogP contribution in [0.1, 0.15) is 16.7 Å². The van der Waals surface area contributed by atoms with Gasteiger partial charge in [-0.05, 0) is 24.7 Å². The smallest absolute Gasteiger partial charge is 0.128 e. The third-order valence-corrected chi connectivity index (χ3v) is 3.98. The quantitative estimate of drug-likeness (QED) is 0.641. The monoisotopic (exact) mass is 349 g/mol. The van der Waals surface area contributed by atoms with E-state index in [1.807, 2.05) is 36.2 Å². The van der Waals surface area contributed by atoms with Crippen LogP contribution in [0, 0.1) is 11.2 Å². The van der Waals surface area contributed by atoms with E-state index in [9.17, 15) is 4.39 Å². The first kappa shape index (κ1) is 15.7. The fourth-order valence-electron chi connectivity index (χ4n) is 2.11. The van der Waals surface area contributed by atoms with E-state index in [2.05, 4.69) is 15.9 Å². The van der Waals surface area contributed by atoms with Crippen LogP contribution in [0.3, 0.4) is 0 Å². The Hall–Kier alpha value is -1.72. The van der Waals surface area contributed by atoms with E-state index in [1.54, 1.807) is 12.1 Å². The van der Waals surface area contributed by atoms with E-state index in [0.29, 0.717) is 17.7 Å². The van der Waals surface area contributed by atoms with E-state index in [0.717, 1.165) is 16.6 Å². The molecule has 0 aromatic heterocycles. The van der Waals surface area contributed by atoms with Crippen LogP contribution in [0.5, 0.6) is 0 Å². The molecule has 110 valence electrons. The predicted octanol–water partition coefficient (Wildman–Crippen LogP) is 3.50. The summed E-state index contributed by atoms with van der Waals surface area (Å²) in [6.45, 7) is 1.21. The zero-order valence-electron chi connectivity index (χ0n) is 11.7. The maximum Gasteiger partial charge on any atom is 0.128 e. The molecule has 0 unspecified atom stereocenters. The minimum Gasteiger partial charge on any atom is -0.384 e. The van der Waals surface area contributed by atoms with Gasteiger partial charge in [0.05, 0.1) is 0 Å². The second-order valence-corrected chi connectivity index (χ2v) is 5.84. The van der Waals surface area contributed by atoms with Crippen molar-refractivity contribution in [2.75, 3.05) is 7.05 Å². The fourth-order valence-corrected chi connectivity index (χ4v) is 2.52. The number of nitrogens with two attached hydrogens (primary N) is 1. The number of amidine groups is 1. The highest BCUT2D eigenvalue weighted by atomic mass is 79.9. The van der Waals surface area contributed by atoms with Crippen LogP contribution in [-0.4, -0.2) is 17.8 Å². The lowest BCUT2D eigenvalue weighted by atomic mass is 10.1. The van der Waals surface area contributed by atoms with Crippen LogP contribution in [0.2, 0.25) is 0 Å². The Balaban J connectivity index is 2.08. The van der Waals surface area contributed by atoms with Crippen LogP contribution in [0.25, 0.3) is 0 Å². The second-order valence-electron chi connectivity index (χ2n) is 4.98. The van der Waals surface area contributed by atoms with Crippen LogP contribution in [0.4, 0.5) is 4.39 Å². The number of rotatable bonds is 5. The van der Waals surface area contributed by atoms with Crippen molar-refractivity contribution in [2.45, 2.75) is 13.1 Å². The van der Waals surface area contributed by atoms with Crippen LogP contribution in [-0.2, 0) is 13.1 Å². The van der Waals surface area contributed by atoms with Crippen molar-refractivity contribution >= 4 is 21.8 Å². The molecule has 3 N–H and O–H groups in total. The minimum atomic E-state index is -0.332. The lowest BCUT2D eigenvalue weighted by molar-refractivity contribution is 0.313. The highest BCUT2D eigenvalue weighted by Crippen LogP contribution is 2.19. The average molecular weight is 350 g/mol. The van der Waals surface area contributed by atoms with Gasteiger partial charge in [-0.2, -0.15) is 0 Å². The summed E-state index contributed by atoms with van der Waals surface area (Å²) < 4.78 is 15.0. The molecule has 0 fully saturated rings. The fraction of sp³-hybridized carbons (Fsp3) is 0.188. The van der Waals surface area contributed by atoms with Crippen LogP contribution in [0.15, 0.2) is 46.9 Å². The number of benzene rings is 2. The van der Waals surface area contributed by atoms with Gasteiger partial charge < -0.3 is 5.73 Å². The van der Waals surface area contributed by atoms with Crippen molar-refractivity contribution in [3.05, 3.63) is 69.4 Å². The zero-order valence-corrected chi connectivity index (χ0v) is 13.3. The average Bonchev–Trinajstić information content (AvgIpc) is 2.43. The first-order valence-corrected chi connectivity index (χ1v) is 7.31. The summed E-state index contributed by atoms with van der Waals surface area (Å²) in [4.78, 5) is 2.03. The molecule has 0 aliphatic rings. The summed E-state index contributed by atoms with van der Waals surface area (Å²) >= 11 is 3.51. The van der Waals surface area contributed by atoms with E-state index in [4.69, 9.17) is 11.1 Å². The normalized spacial score (nSPS) is 10.9. The number of hydrogen-bond acceptors (Lipinski definition) is 2. The Bertz CT molecular complexity index is 658. The van der Waals surface area contributed by atoms with Gasteiger partial charge in [-0.3, -0.25) is 10.3 Å². The lowest BCUT2D eigenvalue weighted by Crippen LogP contribution is -2.19. The van der Waals surface area contributed by atoms with Gasteiger partial charge in [0.2, 0.25) is 0 Å². The second kappa shape index (κ2) is 6.83. The van der Waals surface area contributed by atoms with Crippen LogP contribution < -0.4 is 5.73 Å². The lowest BCUT2D eigenvalue weighted by Gasteiger charge is -2.18. The van der Waals surface area contributed by atoms with Gasteiger partial charge in [-0.1, -0.05) is 46.3 Å². The maximum atomic E-state index is 14.0. The van der Waals surface area contributed by atoms with Gasteiger partial charge in [-0.15, -0.1) is 0 Å². The molecule has 0 radical (unpaired) electrons. The van der Waals surface area contributed by atoms with Crippen molar-refractivity contribution in [1.82, 2.24) is 4.90 Å². The van der Waals surface area contributed by atoms with E-state index >= 15 is 0 Å². The SMILES string of the molecule is CN(Cc1ccc(C(=N)N)cc1F)Cc1ccccc1Br. The number of nitrogens with one attached hydrogen (secondary N) is 1. The molecule has 3 nitrogen and oxygen atoms in total. The van der Waals surface area contributed by atoms with Gasteiger partial charge >= 0.3 is 0 Å². The molecule has 0 heterocycles. The number of halogens is 2. The summed E-state index contributed by atoms with van der Waals surface area (Å²) in [5, 5.41) is 7.31. The van der Waals surface area contributed by atoms with Gasteiger partial charge in [0.1, 0.15) is 11.7 Å². The van der Waals surface area contributed by atoms with E-state index in [1.165, 1.54) is 6.07 Å². The van der Waals surface area contributed by atoms with Crippen molar-refractivity contribution in [3.63, 3.8) is 0 Å². The summed E-state index contributed by atoms with van der Waals surface area (Å²) in [6, 6.07) is 12.6. The van der Waals surface area contributed by atoms with Crippen molar-refractivity contribution in [2.24, 2.45) is 5.73 Å². The third-order valence-electron chi connectivity index (χ3n) is 3.20. The molecular weight excluding hydrogens is 333 g/mol. The van der Waals surface area contributed by atoms with Crippen molar-refractivity contribution in [1.29, 1.82) is 5.41 Å². The largest absolute Gasteiger partial charge is 0.384 e. The predicted molar refractivity (Wildman–Crippen MR) is 86.7 cm³/mol. The Labute approximate surface area is 132 Å². The molecule has 2 aromatic carbocycles. The van der Waals surface area contributed by atoms with Crippen molar-refractivity contribution in [3.8, 4) is 0 Å². The molecule has 21 heavy (non-hydrogen) atoms. The number of nitrogens with zero attached hydrogens (tertiary/aromatic N) is 1. The zero-order chi connectivity index (χ0) is 15.4. The van der Waals surface area contributed by atoms with Gasteiger partial charge in [-0.25, -0.2) is 4.39 Å². The first-order chi connectivity index (χ1) is 9.97. The topological polar surface area (TPSA) is 53.1 Å². The molecule has 0 bridgehead atoms. The van der Waals surface area contributed by atoms with E-state index < -0.39 is 0 Å². The standard InChI is InChI=1S/C16H17BrFN3/c1-21(9-12-4-2-3-5-14(12)17)10-13-7-6-11(16(19)20)8-15(13)18/h2-8H,9-10H2,1H3,(H3,19,20). The molecule has 0 aliphatic heterocycles. The molecule has 0 saturated heterocycles. The molecule has 0 amide bonds. The first-order valence-electron chi connectivity index (χ1n) is 6.52. The van der Waals surface area contributed by atoms with Crippen LogP contribution >= 0.6 is 15.9 Å². The Kier molecular flexibility index (Phi) is 5.09. The summed E-state index contributed by atoms with van der Waals surface area (Å²) in [5.41, 5.74) is 7.51. The highest BCUT2D eigenvalue weighted by molar-refractivity contribution is 9.10. The maximum absolute atomic E-state index is 14.0. The molecular formula is C16H17BrFN3. The molecule has 2 aromatic rings. The number of nitrogen functional groups attached to an aromatic ring is 1. The summed E-state index contributed by atoms with van der Waals surface area (Å²) in [5.74, 6) is -0.455. The molecule has 5 heteroatoms. The summed E-state index contributed by atoms with van der Waals surface area (Å²) in [7, 11) is 1.94. The molecule has 0 saturated carbocycles. The summed E-state index contributed by atoms with van der Waals surface area (Å²) in [6.07, 6.45) is 0. The minimum absolute atomic E-state index is 0.123. The molecule has 0 aliphatic carbocycles. The van der Waals surface area contributed by atoms with Gasteiger partial charge in [0, 0.05) is 28.7 Å². The molecule has 0 spiro atoms. The van der Waals surface area contributed by atoms with Gasteiger partial charge in [0.15, 0.2) is 0 Å². The third kappa shape index (κ3) is 4.12. The Morgan fingerprint density at radius 2 is 1.86 bits per heavy atom.